The molecule has 1 rings (SSSR count). The summed E-state index contributed by atoms with van der Waals surface area (Å²) in [5.74, 6) is 0. The molecule has 1 atom stereocenters. The Morgan fingerprint density at radius 3 is 2.27 bits per heavy atom. The lowest BCUT2D eigenvalue weighted by atomic mass is 10.3. The van der Waals surface area contributed by atoms with Crippen molar-refractivity contribution in [2.75, 3.05) is 13.6 Å². The number of ether oxygens (including phenoxy) is 1. The molecule has 0 saturated carbocycles. The molecule has 0 bridgehead atoms. The Hall–Kier alpha value is -0.220. The van der Waals surface area contributed by atoms with Crippen molar-refractivity contribution >= 4 is 0 Å². The summed E-state index contributed by atoms with van der Waals surface area (Å²) in [6, 6.07) is 0. The molecule has 1 saturated heterocycles. The molecule has 0 aromatic carbocycles. The molecule has 4 heteroatoms. The van der Waals surface area contributed by atoms with Gasteiger partial charge in [0.15, 0.2) is 0 Å². The van der Waals surface area contributed by atoms with Crippen molar-refractivity contribution in [3.05, 3.63) is 0 Å². The fraction of sp³-hybridized carbons (Fsp3) is 1.00. The smallest absolute Gasteiger partial charge is 0.265 e. The first-order valence-corrected chi connectivity index (χ1v) is 3.60. The highest BCUT2D eigenvalue weighted by molar-refractivity contribution is 4.82. The largest absolute Gasteiger partial charge is 0.351 e. The summed E-state index contributed by atoms with van der Waals surface area (Å²) in [6.07, 6.45) is -3.30. The Morgan fingerprint density at radius 2 is 2.09 bits per heavy atom. The standard InChI is InChI=1S/C7H13F2NO/c1-7(2)10(3)4-5(11-7)6(8)9/h5-6H,4H2,1-3H3. The van der Waals surface area contributed by atoms with E-state index in [-0.39, 0.29) is 0 Å². The predicted octanol–water partition coefficient (Wildman–Crippen LogP) is 1.32. The van der Waals surface area contributed by atoms with Crippen LogP contribution in [-0.2, 0) is 4.74 Å². The molecule has 0 amide bonds. The van der Waals surface area contributed by atoms with Gasteiger partial charge < -0.3 is 4.74 Å². The first-order valence-electron chi connectivity index (χ1n) is 3.60. The van der Waals surface area contributed by atoms with Crippen LogP contribution in [-0.4, -0.2) is 36.7 Å². The van der Waals surface area contributed by atoms with Gasteiger partial charge in [-0.1, -0.05) is 0 Å². The third-order valence-corrected chi connectivity index (χ3v) is 2.09. The summed E-state index contributed by atoms with van der Waals surface area (Å²) >= 11 is 0. The molecule has 1 heterocycles. The monoisotopic (exact) mass is 165 g/mol. The van der Waals surface area contributed by atoms with Gasteiger partial charge in [0.1, 0.15) is 11.8 Å². The van der Waals surface area contributed by atoms with Gasteiger partial charge in [0.05, 0.1) is 0 Å². The molecule has 11 heavy (non-hydrogen) atoms. The number of alkyl halides is 2. The number of nitrogens with zero attached hydrogens (tertiary/aromatic N) is 1. The van der Waals surface area contributed by atoms with Crippen molar-refractivity contribution in [2.24, 2.45) is 0 Å². The number of hydrogen-bond acceptors (Lipinski definition) is 2. The molecule has 66 valence electrons. The number of halogens is 2. The molecule has 1 aliphatic rings. The molecular formula is C7H13F2NO. The van der Waals surface area contributed by atoms with Gasteiger partial charge in [0, 0.05) is 6.54 Å². The van der Waals surface area contributed by atoms with Crippen LogP contribution in [0.4, 0.5) is 8.78 Å². The van der Waals surface area contributed by atoms with Crippen LogP contribution >= 0.6 is 0 Å². The predicted molar refractivity (Wildman–Crippen MR) is 37.6 cm³/mol. The van der Waals surface area contributed by atoms with Crippen LogP contribution in [0, 0.1) is 0 Å². The molecule has 0 aromatic rings. The normalized spacial score (nSPS) is 31.6. The first kappa shape index (κ1) is 8.87. The zero-order valence-corrected chi connectivity index (χ0v) is 6.97. The lowest BCUT2D eigenvalue weighted by Crippen LogP contribution is -2.35. The van der Waals surface area contributed by atoms with Crippen molar-refractivity contribution in [3.8, 4) is 0 Å². The molecule has 0 spiro atoms. The fourth-order valence-electron chi connectivity index (χ4n) is 1.12. The average Bonchev–Trinajstić information content (AvgIpc) is 2.08. The minimum Gasteiger partial charge on any atom is -0.351 e. The van der Waals surface area contributed by atoms with Gasteiger partial charge in [-0.2, -0.15) is 0 Å². The van der Waals surface area contributed by atoms with E-state index in [1.54, 1.807) is 25.8 Å². The fourth-order valence-corrected chi connectivity index (χ4v) is 1.12. The van der Waals surface area contributed by atoms with Gasteiger partial charge in [-0.25, -0.2) is 8.78 Å². The van der Waals surface area contributed by atoms with E-state index in [9.17, 15) is 8.78 Å². The summed E-state index contributed by atoms with van der Waals surface area (Å²) in [7, 11) is 1.78. The third-order valence-electron chi connectivity index (χ3n) is 2.09. The van der Waals surface area contributed by atoms with Gasteiger partial charge >= 0.3 is 0 Å². The molecule has 1 aliphatic heterocycles. The molecule has 2 nitrogen and oxygen atoms in total. The van der Waals surface area contributed by atoms with E-state index in [4.69, 9.17) is 4.74 Å². The van der Waals surface area contributed by atoms with Gasteiger partial charge in [0.25, 0.3) is 6.43 Å². The van der Waals surface area contributed by atoms with E-state index in [0.29, 0.717) is 6.54 Å². The molecule has 0 aromatic heterocycles. The van der Waals surface area contributed by atoms with Crippen LogP contribution < -0.4 is 0 Å². The quantitative estimate of drug-likeness (QED) is 0.581. The summed E-state index contributed by atoms with van der Waals surface area (Å²) in [5, 5.41) is 0. The minimum absolute atomic E-state index is 0.310. The lowest BCUT2D eigenvalue weighted by Gasteiger charge is -2.25. The maximum Gasteiger partial charge on any atom is 0.265 e. The Kier molecular flexibility index (Phi) is 2.16. The van der Waals surface area contributed by atoms with E-state index in [0.717, 1.165) is 0 Å². The van der Waals surface area contributed by atoms with Crippen molar-refractivity contribution in [3.63, 3.8) is 0 Å². The second-order valence-electron chi connectivity index (χ2n) is 3.32. The lowest BCUT2D eigenvalue weighted by molar-refractivity contribution is -0.107. The SMILES string of the molecule is CN1CC(C(F)F)OC1(C)C. The van der Waals surface area contributed by atoms with E-state index in [1.165, 1.54) is 0 Å². The highest BCUT2D eigenvalue weighted by atomic mass is 19.3. The van der Waals surface area contributed by atoms with E-state index in [2.05, 4.69) is 0 Å². The van der Waals surface area contributed by atoms with Crippen LogP contribution in [0.15, 0.2) is 0 Å². The highest BCUT2D eigenvalue weighted by Crippen LogP contribution is 2.27. The Bertz CT molecular complexity index is 149. The van der Waals surface area contributed by atoms with Crippen LogP contribution in [0.5, 0.6) is 0 Å². The number of rotatable bonds is 1. The van der Waals surface area contributed by atoms with Crippen molar-refractivity contribution in [1.29, 1.82) is 0 Å². The van der Waals surface area contributed by atoms with Crippen LogP contribution in [0.1, 0.15) is 13.8 Å². The summed E-state index contributed by atoms with van der Waals surface area (Å²) < 4.78 is 29.3. The minimum atomic E-state index is -2.38. The Balaban J connectivity index is 2.57. The second kappa shape index (κ2) is 2.68. The molecule has 0 aliphatic carbocycles. The third kappa shape index (κ3) is 1.68. The van der Waals surface area contributed by atoms with E-state index >= 15 is 0 Å². The first-order chi connectivity index (χ1) is 4.93. The highest BCUT2D eigenvalue weighted by Gasteiger charge is 2.40. The second-order valence-corrected chi connectivity index (χ2v) is 3.32. The number of likely N-dealkylation sites (N-methyl/N-ethyl adjacent to an activating group) is 1. The average molecular weight is 165 g/mol. The molecule has 0 N–H and O–H groups in total. The Labute approximate surface area is 65.1 Å². The molecule has 1 fully saturated rings. The van der Waals surface area contributed by atoms with E-state index in [1.807, 2.05) is 0 Å². The Morgan fingerprint density at radius 1 is 1.55 bits per heavy atom. The van der Waals surface area contributed by atoms with Crippen LogP contribution in [0.3, 0.4) is 0 Å². The van der Waals surface area contributed by atoms with Gasteiger partial charge in [-0.05, 0) is 20.9 Å². The van der Waals surface area contributed by atoms with E-state index < -0.39 is 18.3 Å². The summed E-state index contributed by atoms with van der Waals surface area (Å²) in [6.45, 7) is 3.88. The topological polar surface area (TPSA) is 12.5 Å². The van der Waals surface area contributed by atoms with Gasteiger partial charge in [-0.3, -0.25) is 4.90 Å². The molecular weight excluding hydrogens is 152 g/mol. The number of hydrogen-bond donors (Lipinski definition) is 0. The van der Waals surface area contributed by atoms with Crippen molar-refractivity contribution < 1.29 is 13.5 Å². The van der Waals surface area contributed by atoms with Crippen LogP contribution in [0.2, 0.25) is 0 Å². The molecule has 0 radical (unpaired) electrons. The van der Waals surface area contributed by atoms with Crippen molar-refractivity contribution in [1.82, 2.24) is 4.90 Å². The van der Waals surface area contributed by atoms with Gasteiger partial charge in [0.2, 0.25) is 0 Å². The maximum absolute atomic E-state index is 12.1. The summed E-state index contributed by atoms with van der Waals surface area (Å²) in [5.41, 5.74) is -0.541. The zero-order chi connectivity index (χ0) is 8.65. The summed E-state index contributed by atoms with van der Waals surface area (Å²) in [4.78, 5) is 1.78. The zero-order valence-electron chi connectivity index (χ0n) is 6.97. The maximum atomic E-state index is 12.1. The van der Waals surface area contributed by atoms with Crippen LogP contribution in [0.25, 0.3) is 0 Å². The molecule has 1 unspecified atom stereocenters. The van der Waals surface area contributed by atoms with Gasteiger partial charge in [-0.15, -0.1) is 0 Å². The van der Waals surface area contributed by atoms with Crippen molar-refractivity contribution in [2.45, 2.75) is 32.1 Å².